The van der Waals surface area contributed by atoms with Crippen molar-refractivity contribution in [2.45, 2.75) is 38.3 Å². The van der Waals surface area contributed by atoms with Crippen LogP contribution in [-0.2, 0) is 33.9 Å². The lowest BCUT2D eigenvalue weighted by Crippen LogP contribution is -2.52. The van der Waals surface area contributed by atoms with Gasteiger partial charge in [0.25, 0.3) is 5.91 Å². The van der Waals surface area contributed by atoms with E-state index >= 15 is 4.39 Å². The standard InChI is InChI=1S/C25H26FN3O5/c26-23-16(13-28-9-11-33-12-10-28)3-1-4-17(23)15-34-21-6-2-5-18-19(21)14-29(25(18)32)20-7-8-22(30)27-24(20)31/h1-6,20H,7-15H2,(H,27,30,31)/i1D,2D,3D,4D,5D,6D,7D2,8D2,9D2,10D2,11D2,12D2,13D2,14D2,15D2. The Balaban J connectivity index is 1.75. The van der Waals surface area contributed by atoms with Gasteiger partial charge in [0.05, 0.1) is 38.8 Å². The number of nitrogens with one attached hydrogen (secondary N) is 1. The molecule has 3 amide bonds. The van der Waals surface area contributed by atoms with E-state index < -0.39 is 157 Å². The maximum Gasteiger partial charge on any atom is 0.255 e. The summed E-state index contributed by atoms with van der Waals surface area (Å²) in [6.07, 6.45) is -7.40. The molecule has 2 fully saturated rings. The number of hydrogen-bond acceptors (Lipinski definition) is 6. The molecular weight excluding hydrogens is 441 g/mol. The van der Waals surface area contributed by atoms with Crippen LogP contribution in [0.2, 0.25) is 0 Å². The average Bonchev–Trinajstić information content (AvgIpc) is 3.22. The van der Waals surface area contributed by atoms with Crippen LogP contribution < -0.4 is 10.1 Å². The lowest BCUT2D eigenvalue weighted by atomic mass is 10.0. The molecular formula is C25H26FN3O5. The largest absolute Gasteiger partial charge is 0.488 e. The first-order valence-corrected chi connectivity index (χ1v) is 9.07. The number of hydrogen-bond donors (Lipinski definition) is 1. The molecule has 3 heterocycles. The van der Waals surface area contributed by atoms with Gasteiger partial charge in [0.2, 0.25) is 11.8 Å². The first-order chi connectivity index (χ1) is 25.7. The third-order valence-electron chi connectivity index (χ3n) is 4.28. The average molecular weight is 492 g/mol. The van der Waals surface area contributed by atoms with Gasteiger partial charge in [-0.05, 0) is 18.5 Å². The second-order valence-corrected chi connectivity index (χ2v) is 6.35. The third-order valence-corrected chi connectivity index (χ3v) is 4.28. The Kier molecular flexibility index (Phi) is 2.20. The van der Waals surface area contributed by atoms with Crippen molar-refractivity contribution in [2.24, 2.45) is 0 Å². The van der Waals surface area contributed by atoms with Gasteiger partial charge in [-0.25, -0.2) is 4.39 Å². The van der Waals surface area contributed by atoms with Gasteiger partial charge in [-0.2, -0.15) is 0 Å². The van der Waals surface area contributed by atoms with Crippen LogP contribution in [0.15, 0.2) is 36.3 Å². The summed E-state index contributed by atoms with van der Waals surface area (Å²) in [7, 11) is 0. The number of rotatable bonds is 6. The quantitative estimate of drug-likeness (QED) is 0.622. The van der Waals surface area contributed by atoms with Gasteiger partial charge < -0.3 is 14.4 Å². The van der Waals surface area contributed by atoms with Gasteiger partial charge in [0.1, 0.15) is 24.2 Å². The molecule has 9 heteroatoms. The number of piperidine rings is 1. The zero-order valence-electron chi connectivity index (χ0n) is 40.4. The maximum absolute atomic E-state index is 16.8. The molecule has 2 aromatic carbocycles. The molecule has 0 saturated carbocycles. The summed E-state index contributed by atoms with van der Waals surface area (Å²) in [5, 5.41) is 1.44. The summed E-state index contributed by atoms with van der Waals surface area (Å²) in [5.74, 6) is -9.54. The second-order valence-electron chi connectivity index (χ2n) is 6.35. The number of ether oxygens (including phenoxy) is 2. The van der Waals surface area contributed by atoms with Crippen LogP contribution in [0, 0.1) is 5.82 Å². The van der Waals surface area contributed by atoms with Crippen molar-refractivity contribution in [1.82, 2.24) is 15.1 Å². The number of morpholine rings is 1. The Morgan fingerprint density at radius 3 is 2.76 bits per heavy atom. The van der Waals surface area contributed by atoms with Crippen molar-refractivity contribution in [2.75, 3.05) is 26.1 Å². The van der Waals surface area contributed by atoms with Gasteiger partial charge in [-0.1, -0.05) is 24.2 Å². The summed E-state index contributed by atoms with van der Waals surface area (Å²) < 4.78 is 225. The zero-order valence-corrected chi connectivity index (χ0v) is 16.4. The van der Waals surface area contributed by atoms with Crippen LogP contribution in [0.4, 0.5) is 4.39 Å². The minimum atomic E-state index is -4.33. The Morgan fingerprint density at radius 1 is 1.18 bits per heavy atom. The van der Waals surface area contributed by atoms with Gasteiger partial charge in [0.15, 0.2) is 0 Å². The molecule has 3 aliphatic heterocycles. The highest BCUT2D eigenvalue weighted by molar-refractivity contribution is 6.05. The topological polar surface area (TPSA) is 88.2 Å². The number of amides is 3. The molecule has 8 nitrogen and oxygen atoms in total. The molecule has 5 rings (SSSR count). The van der Waals surface area contributed by atoms with Crippen molar-refractivity contribution < 1.29 is 61.1 Å². The fourth-order valence-corrected chi connectivity index (χ4v) is 2.80. The molecule has 1 atom stereocenters. The van der Waals surface area contributed by atoms with E-state index in [1.165, 1.54) is 5.32 Å². The number of nitrogens with zero attached hydrogens (tertiary/aromatic N) is 2. The van der Waals surface area contributed by atoms with E-state index in [0.717, 1.165) is 0 Å². The Bertz CT molecular complexity index is 2170. The molecule has 1 unspecified atom stereocenters. The fourth-order valence-electron chi connectivity index (χ4n) is 2.80. The SMILES string of the molecule is [2H]c1c([2H])c(OC([2H])([2H])c2c([2H])c([2H])c([2H])c(C([2H])([2H])N3C([2H])([2H])C([2H])([2H])OC([2H])([2H])C3([2H])[2H])c2F)c2c(c1[2H])C(=O)N(C1C(=O)NC(=O)C([2H])([2H])C1([2H])[2H])C2([2H])[2H]. The van der Waals surface area contributed by atoms with Crippen molar-refractivity contribution >= 4 is 17.7 Å². The van der Waals surface area contributed by atoms with Gasteiger partial charge >= 0.3 is 0 Å². The minimum Gasteiger partial charge on any atom is -0.488 e. The van der Waals surface area contributed by atoms with E-state index in [0.29, 0.717) is 0 Å². The molecule has 0 radical (unpaired) electrons. The van der Waals surface area contributed by atoms with E-state index in [9.17, 15) is 14.4 Å². The summed E-state index contributed by atoms with van der Waals surface area (Å²) >= 11 is 0. The third kappa shape index (κ3) is 4.41. The fraction of sp³-hybridized carbons (Fsp3) is 0.400. The van der Waals surface area contributed by atoms with Crippen molar-refractivity contribution in [3.05, 3.63) is 64.3 Å². The highest BCUT2D eigenvalue weighted by Crippen LogP contribution is 2.34. The predicted octanol–water partition coefficient (Wildman–Crippen LogP) is 2.00. The molecule has 0 spiro atoms. The van der Waals surface area contributed by atoms with Crippen LogP contribution in [0.3, 0.4) is 0 Å². The first-order valence-electron chi connectivity index (χ1n) is 21.1. The lowest BCUT2D eigenvalue weighted by molar-refractivity contribution is -0.136. The second kappa shape index (κ2) is 9.52. The number of halogens is 1. The highest BCUT2D eigenvalue weighted by atomic mass is 19.1. The normalized spacial score (nSPS) is 42.4. The lowest BCUT2D eigenvalue weighted by Gasteiger charge is -2.29. The first kappa shape index (κ1) is 7.86. The Hall–Kier alpha value is -3.30. The Labute approximate surface area is 230 Å². The van der Waals surface area contributed by atoms with E-state index in [1.54, 1.807) is 0 Å². The summed E-state index contributed by atoms with van der Waals surface area (Å²) in [4.78, 5) is 37.8. The number of carbonyl (C=O) groups excluding carboxylic acids is 3. The van der Waals surface area contributed by atoms with Gasteiger partial charge in [-0.3, -0.25) is 24.6 Å². The van der Waals surface area contributed by atoms with E-state index in [4.69, 9.17) is 37.6 Å². The molecule has 2 aromatic rings. The number of imide groups is 1. The van der Waals surface area contributed by atoms with Crippen LogP contribution in [0.25, 0.3) is 0 Å². The molecule has 0 aromatic heterocycles. The molecule has 178 valence electrons. The summed E-state index contributed by atoms with van der Waals surface area (Å²) in [5.41, 5.74) is -6.70. The maximum atomic E-state index is 16.8. The zero-order chi connectivity index (χ0) is 45.0. The number of fused-ring (bicyclic) bond motifs is 1. The molecule has 0 aliphatic carbocycles. The Morgan fingerprint density at radius 2 is 1.94 bits per heavy atom. The highest BCUT2D eigenvalue weighted by Gasteiger charge is 2.40. The van der Waals surface area contributed by atoms with E-state index in [-0.39, 0.29) is 4.90 Å². The van der Waals surface area contributed by atoms with E-state index in [1.807, 2.05) is 0 Å². The van der Waals surface area contributed by atoms with Crippen LogP contribution in [0.5, 0.6) is 5.75 Å². The molecule has 0 bridgehead atoms. The summed E-state index contributed by atoms with van der Waals surface area (Å²) in [6, 6.07) is -12.0. The predicted molar refractivity (Wildman–Crippen MR) is 119 cm³/mol. The molecule has 34 heavy (non-hydrogen) atoms. The summed E-state index contributed by atoms with van der Waals surface area (Å²) in [6.45, 7) is -28.4. The van der Waals surface area contributed by atoms with Gasteiger partial charge in [0, 0.05) is 61.8 Å². The molecule has 3 aliphatic rings. The van der Waals surface area contributed by atoms with Crippen LogP contribution in [-0.4, -0.2) is 59.7 Å². The monoisotopic (exact) mass is 491 g/mol. The van der Waals surface area contributed by atoms with Crippen LogP contribution >= 0.6 is 0 Å². The van der Waals surface area contributed by atoms with Crippen molar-refractivity contribution in [3.8, 4) is 5.75 Å². The number of carbonyl (C=O) groups is 3. The van der Waals surface area contributed by atoms with Crippen LogP contribution in [0.1, 0.15) is 72.7 Å². The molecule has 2 saturated heterocycles. The molecule has 1 N–H and O–H groups in total. The van der Waals surface area contributed by atoms with Crippen molar-refractivity contribution in [3.63, 3.8) is 0 Å². The minimum absolute atomic E-state index is 0.307. The number of benzene rings is 2. The van der Waals surface area contributed by atoms with Gasteiger partial charge in [-0.15, -0.1) is 0 Å². The van der Waals surface area contributed by atoms with E-state index in [2.05, 4.69) is 4.74 Å². The smallest absolute Gasteiger partial charge is 0.255 e. The van der Waals surface area contributed by atoms with Crippen molar-refractivity contribution in [1.29, 1.82) is 0 Å².